The first-order chi connectivity index (χ1) is 5.43. The number of thiophene rings is 1. The van der Waals surface area contributed by atoms with Crippen LogP contribution in [-0.4, -0.2) is 12.3 Å². The van der Waals surface area contributed by atoms with Crippen LogP contribution >= 0.6 is 23.1 Å². The van der Waals surface area contributed by atoms with E-state index in [1.807, 2.05) is 17.8 Å². The summed E-state index contributed by atoms with van der Waals surface area (Å²) >= 11 is 3.62. The Bertz CT molecular complexity index is 204. The van der Waals surface area contributed by atoms with E-state index in [-0.39, 0.29) is 0 Å². The van der Waals surface area contributed by atoms with Crippen molar-refractivity contribution in [1.29, 1.82) is 0 Å². The molecule has 0 aliphatic heterocycles. The molecular formula is C8H11NS2. The van der Waals surface area contributed by atoms with Crippen molar-refractivity contribution in [2.45, 2.75) is 4.21 Å². The number of hydrogen-bond acceptors (Lipinski definition) is 3. The van der Waals surface area contributed by atoms with Gasteiger partial charge in [0, 0.05) is 12.3 Å². The van der Waals surface area contributed by atoms with Crippen molar-refractivity contribution in [3.8, 4) is 0 Å². The summed E-state index contributed by atoms with van der Waals surface area (Å²) in [5, 5.41) is 2.09. The first-order valence-corrected chi connectivity index (χ1v) is 5.31. The molecule has 1 nitrogen and oxygen atoms in total. The molecule has 2 N–H and O–H groups in total. The second kappa shape index (κ2) is 5.41. The molecule has 0 amide bonds. The predicted molar refractivity (Wildman–Crippen MR) is 53.2 cm³/mol. The van der Waals surface area contributed by atoms with Gasteiger partial charge in [0.05, 0.1) is 4.21 Å². The Morgan fingerprint density at radius 3 is 3.09 bits per heavy atom. The zero-order chi connectivity index (χ0) is 7.94. The Morgan fingerprint density at radius 1 is 1.55 bits per heavy atom. The van der Waals surface area contributed by atoms with E-state index in [1.165, 1.54) is 4.21 Å². The van der Waals surface area contributed by atoms with E-state index in [0.717, 1.165) is 5.75 Å². The van der Waals surface area contributed by atoms with E-state index < -0.39 is 0 Å². The number of rotatable bonds is 4. The molecule has 0 unspecified atom stereocenters. The number of hydrogen-bond donors (Lipinski definition) is 1. The largest absolute Gasteiger partial charge is 0.327 e. The molecule has 0 saturated heterocycles. The second-order valence-electron chi connectivity index (χ2n) is 1.95. The maximum atomic E-state index is 5.29. The standard InChI is InChI=1S/C8H11NS2/c9-5-1-2-6-10-8-4-3-7-11-8/h1-4,7H,5-6,9H2/b2-1+. The Morgan fingerprint density at radius 2 is 2.45 bits per heavy atom. The monoisotopic (exact) mass is 185 g/mol. The van der Waals surface area contributed by atoms with Crippen molar-refractivity contribution < 1.29 is 0 Å². The van der Waals surface area contributed by atoms with E-state index in [1.54, 1.807) is 11.3 Å². The fourth-order valence-corrected chi connectivity index (χ4v) is 2.30. The van der Waals surface area contributed by atoms with Gasteiger partial charge in [0.1, 0.15) is 0 Å². The van der Waals surface area contributed by atoms with Crippen LogP contribution in [0.15, 0.2) is 33.9 Å². The minimum atomic E-state index is 0.644. The van der Waals surface area contributed by atoms with Crippen molar-refractivity contribution in [3.63, 3.8) is 0 Å². The van der Waals surface area contributed by atoms with Gasteiger partial charge in [-0.2, -0.15) is 0 Å². The number of thioether (sulfide) groups is 1. The molecule has 0 radical (unpaired) electrons. The highest BCUT2D eigenvalue weighted by atomic mass is 32.2. The van der Waals surface area contributed by atoms with Gasteiger partial charge in [0.15, 0.2) is 0 Å². The zero-order valence-electron chi connectivity index (χ0n) is 6.19. The first kappa shape index (κ1) is 8.84. The normalized spacial score (nSPS) is 11.0. The lowest BCUT2D eigenvalue weighted by molar-refractivity contribution is 1.25. The summed E-state index contributed by atoms with van der Waals surface area (Å²) in [6, 6.07) is 4.20. The molecule has 0 aromatic carbocycles. The Hall–Kier alpha value is -0.250. The quantitative estimate of drug-likeness (QED) is 0.575. The fraction of sp³-hybridized carbons (Fsp3) is 0.250. The van der Waals surface area contributed by atoms with Crippen LogP contribution in [0.4, 0.5) is 0 Å². The van der Waals surface area contributed by atoms with Gasteiger partial charge in [0.2, 0.25) is 0 Å². The van der Waals surface area contributed by atoms with Gasteiger partial charge in [-0.25, -0.2) is 0 Å². The van der Waals surface area contributed by atoms with Gasteiger partial charge in [-0.15, -0.1) is 23.1 Å². The highest BCUT2D eigenvalue weighted by Gasteiger charge is 1.89. The average molecular weight is 185 g/mol. The second-order valence-corrected chi connectivity index (χ2v) is 4.22. The van der Waals surface area contributed by atoms with Gasteiger partial charge in [-0.3, -0.25) is 0 Å². The van der Waals surface area contributed by atoms with Crippen LogP contribution in [-0.2, 0) is 0 Å². The van der Waals surface area contributed by atoms with Crippen LogP contribution in [0.3, 0.4) is 0 Å². The van der Waals surface area contributed by atoms with Gasteiger partial charge in [0.25, 0.3) is 0 Å². The molecular weight excluding hydrogens is 174 g/mol. The summed E-state index contributed by atoms with van der Waals surface area (Å²) in [4.78, 5) is 0. The van der Waals surface area contributed by atoms with Crippen molar-refractivity contribution >= 4 is 23.1 Å². The maximum absolute atomic E-state index is 5.29. The highest BCUT2D eigenvalue weighted by molar-refractivity contribution is 8.01. The molecule has 0 atom stereocenters. The van der Waals surface area contributed by atoms with Crippen LogP contribution in [0.1, 0.15) is 0 Å². The van der Waals surface area contributed by atoms with E-state index in [2.05, 4.69) is 23.6 Å². The highest BCUT2D eigenvalue weighted by Crippen LogP contribution is 2.22. The molecule has 60 valence electrons. The molecule has 0 fully saturated rings. The Labute approximate surface area is 75.3 Å². The molecule has 1 heterocycles. The lowest BCUT2D eigenvalue weighted by Gasteiger charge is -1.89. The van der Waals surface area contributed by atoms with Gasteiger partial charge in [-0.05, 0) is 11.4 Å². The third-order valence-electron chi connectivity index (χ3n) is 1.12. The van der Waals surface area contributed by atoms with E-state index in [9.17, 15) is 0 Å². The lowest BCUT2D eigenvalue weighted by atomic mass is 10.5. The van der Waals surface area contributed by atoms with Gasteiger partial charge in [-0.1, -0.05) is 18.2 Å². The molecule has 0 spiro atoms. The van der Waals surface area contributed by atoms with Crippen LogP contribution in [0.2, 0.25) is 0 Å². The summed E-state index contributed by atoms with van der Waals surface area (Å²) in [5.41, 5.74) is 5.29. The molecule has 0 aliphatic rings. The van der Waals surface area contributed by atoms with Crippen molar-refractivity contribution in [3.05, 3.63) is 29.7 Å². The third kappa shape index (κ3) is 3.60. The molecule has 11 heavy (non-hydrogen) atoms. The molecule has 0 aliphatic carbocycles. The Kier molecular flexibility index (Phi) is 4.35. The summed E-state index contributed by atoms with van der Waals surface area (Å²) in [6.45, 7) is 0.644. The first-order valence-electron chi connectivity index (χ1n) is 3.45. The van der Waals surface area contributed by atoms with Gasteiger partial charge < -0.3 is 5.73 Å². The molecule has 1 aromatic heterocycles. The average Bonchev–Trinajstić information content (AvgIpc) is 2.50. The molecule has 0 bridgehead atoms. The van der Waals surface area contributed by atoms with E-state index in [0.29, 0.717) is 6.54 Å². The maximum Gasteiger partial charge on any atom is 0.0601 e. The summed E-state index contributed by atoms with van der Waals surface area (Å²) in [7, 11) is 0. The van der Waals surface area contributed by atoms with Crippen LogP contribution < -0.4 is 5.73 Å². The molecule has 1 aromatic rings. The van der Waals surface area contributed by atoms with Crippen molar-refractivity contribution in [2.24, 2.45) is 5.73 Å². The van der Waals surface area contributed by atoms with E-state index in [4.69, 9.17) is 5.73 Å². The van der Waals surface area contributed by atoms with Crippen LogP contribution in [0.25, 0.3) is 0 Å². The Balaban J connectivity index is 2.19. The SMILES string of the molecule is NC/C=C/CSc1cccs1. The minimum Gasteiger partial charge on any atom is -0.327 e. The lowest BCUT2D eigenvalue weighted by Crippen LogP contribution is -1.92. The third-order valence-corrected chi connectivity index (χ3v) is 3.20. The molecule has 0 saturated carbocycles. The summed E-state index contributed by atoms with van der Waals surface area (Å²) in [5.74, 6) is 1.03. The fourth-order valence-electron chi connectivity index (χ4n) is 0.640. The van der Waals surface area contributed by atoms with Crippen LogP contribution in [0.5, 0.6) is 0 Å². The zero-order valence-corrected chi connectivity index (χ0v) is 7.83. The number of nitrogens with two attached hydrogens (primary N) is 1. The summed E-state index contributed by atoms with van der Waals surface area (Å²) in [6.07, 6.45) is 4.09. The van der Waals surface area contributed by atoms with E-state index >= 15 is 0 Å². The van der Waals surface area contributed by atoms with Gasteiger partial charge >= 0.3 is 0 Å². The molecule has 3 heteroatoms. The van der Waals surface area contributed by atoms with Crippen molar-refractivity contribution in [1.82, 2.24) is 0 Å². The predicted octanol–water partition coefficient (Wildman–Crippen LogP) is 2.36. The topological polar surface area (TPSA) is 26.0 Å². The molecule has 1 rings (SSSR count). The minimum absolute atomic E-state index is 0.644. The smallest absolute Gasteiger partial charge is 0.0601 e. The summed E-state index contributed by atoms with van der Waals surface area (Å²) < 4.78 is 1.37. The van der Waals surface area contributed by atoms with Crippen LogP contribution in [0, 0.1) is 0 Å². The van der Waals surface area contributed by atoms with Crippen molar-refractivity contribution in [2.75, 3.05) is 12.3 Å².